The quantitative estimate of drug-likeness (QED) is 0.680. The number of benzene rings is 2. The van der Waals surface area contributed by atoms with Crippen molar-refractivity contribution in [3.8, 4) is 0 Å². The molecule has 0 spiro atoms. The third kappa shape index (κ3) is 1.83. The number of allylic oxidation sites excluding steroid dienone is 1. The van der Waals surface area contributed by atoms with Gasteiger partial charge in [-0.05, 0) is 42.2 Å². The molecule has 1 aliphatic carbocycles. The fourth-order valence-electron chi connectivity index (χ4n) is 2.87. The second-order valence-electron chi connectivity index (χ2n) is 4.96. The van der Waals surface area contributed by atoms with Gasteiger partial charge < -0.3 is 0 Å². The van der Waals surface area contributed by atoms with Gasteiger partial charge in [0.05, 0.1) is 0 Å². The summed E-state index contributed by atoms with van der Waals surface area (Å²) in [6, 6.07) is 15.2. The van der Waals surface area contributed by atoms with Crippen LogP contribution in [0.5, 0.6) is 0 Å². The van der Waals surface area contributed by atoms with Crippen molar-refractivity contribution in [2.45, 2.75) is 19.8 Å². The molecule has 0 heterocycles. The van der Waals surface area contributed by atoms with Gasteiger partial charge in [0, 0.05) is 10.4 Å². The molecule has 0 aliphatic heterocycles. The molecule has 0 amide bonds. The van der Waals surface area contributed by atoms with Crippen LogP contribution in [0, 0.1) is 13.8 Å². The molecular formula is C17H15Br. The highest BCUT2D eigenvalue weighted by Crippen LogP contribution is 2.45. The molecule has 0 fully saturated rings. The topological polar surface area (TPSA) is 0 Å². The zero-order valence-corrected chi connectivity index (χ0v) is 12.2. The minimum Gasteiger partial charge on any atom is -0.0622 e. The summed E-state index contributed by atoms with van der Waals surface area (Å²) in [7, 11) is 0. The van der Waals surface area contributed by atoms with E-state index in [2.05, 4.69) is 78.3 Å². The minimum atomic E-state index is 0.363. The van der Waals surface area contributed by atoms with E-state index in [4.69, 9.17) is 0 Å². The second kappa shape index (κ2) is 4.40. The molecule has 0 bridgehead atoms. The predicted molar refractivity (Wildman–Crippen MR) is 81.1 cm³/mol. The second-order valence-corrected chi connectivity index (χ2v) is 5.87. The van der Waals surface area contributed by atoms with Crippen LogP contribution in [0.25, 0.3) is 6.08 Å². The zero-order valence-electron chi connectivity index (χ0n) is 10.6. The van der Waals surface area contributed by atoms with Crippen molar-refractivity contribution in [1.29, 1.82) is 0 Å². The van der Waals surface area contributed by atoms with E-state index in [1.807, 2.05) is 0 Å². The standard InChI is InChI=1S/C17H15Br/c1-11-8-12(2)16-14(9-11)10-15(18)17(16)13-6-4-3-5-7-13/h3-10,17H,1-2H3. The highest BCUT2D eigenvalue weighted by atomic mass is 79.9. The van der Waals surface area contributed by atoms with Crippen LogP contribution in [0.1, 0.15) is 33.7 Å². The molecule has 18 heavy (non-hydrogen) atoms. The molecule has 0 saturated carbocycles. The maximum absolute atomic E-state index is 3.74. The Morgan fingerprint density at radius 3 is 2.44 bits per heavy atom. The van der Waals surface area contributed by atoms with Crippen molar-refractivity contribution < 1.29 is 0 Å². The Morgan fingerprint density at radius 2 is 1.72 bits per heavy atom. The van der Waals surface area contributed by atoms with Gasteiger partial charge in [-0.25, -0.2) is 0 Å². The van der Waals surface area contributed by atoms with Crippen molar-refractivity contribution in [3.05, 3.63) is 74.8 Å². The maximum atomic E-state index is 3.74. The fraction of sp³-hybridized carbons (Fsp3) is 0.176. The Labute approximate surface area is 116 Å². The molecule has 0 saturated heterocycles. The number of rotatable bonds is 1. The molecule has 0 radical (unpaired) electrons. The molecule has 0 nitrogen and oxygen atoms in total. The monoisotopic (exact) mass is 298 g/mol. The van der Waals surface area contributed by atoms with Crippen molar-refractivity contribution in [2.24, 2.45) is 0 Å². The Hall–Kier alpha value is -1.34. The zero-order chi connectivity index (χ0) is 12.7. The molecule has 2 aromatic carbocycles. The summed E-state index contributed by atoms with van der Waals surface area (Å²) in [5.41, 5.74) is 6.86. The van der Waals surface area contributed by atoms with Gasteiger partial charge in [0.25, 0.3) is 0 Å². The fourth-order valence-corrected chi connectivity index (χ4v) is 3.61. The molecule has 0 N–H and O–H groups in total. The lowest BCUT2D eigenvalue weighted by atomic mass is 9.89. The van der Waals surface area contributed by atoms with E-state index in [0.29, 0.717) is 5.92 Å². The SMILES string of the molecule is Cc1cc(C)c2c(c1)C=C(Br)C2c1ccccc1. The van der Waals surface area contributed by atoms with Gasteiger partial charge in [-0.3, -0.25) is 0 Å². The summed E-state index contributed by atoms with van der Waals surface area (Å²) in [6.45, 7) is 4.37. The van der Waals surface area contributed by atoms with E-state index in [-0.39, 0.29) is 0 Å². The van der Waals surface area contributed by atoms with Crippen LogP contribution in [0.15, 0.2) is 46.9 Å². The van der Waals surface area contributed by atoms with Gasteiger partial charge in [0.1, 0.15) is 0 Å². The maximum Gasteiger partial charge on any atom is 0.0414 e. The summed E-state index contributed by atoms with van der Waals surface area (Å²) in [6.07, 6.45) is 2.26. The van der Waals surface area contributed by atoms with Gasteiger partial charge in [0.15, 0.2) is 0 Å². The number of hydrogen-bond acceptors (Lipinski definition) is 0. The van der Waals surface area contributed by atoms with Gasteiger partial charge in [0.2, 0.25) is 0 Å². The van der Waals surface area contributed by atoms with E-state index in [0.717, 1.165) is 0 Å². The van der Waals surface area contributed by atoms with Crippen molar-refractivity contribution in [2.75, 3.05) is 0 Å². The Balaban J connectivity index is 2.19. The van der Waals surface area contributed by atoms with Crippen LogP contribution >= 0.6 is 15.9 Å². The van der Waals surface area contributed by atoms with E-state index in [1.54, 1.807) is 0 Å². The number of fused-ring (bicyclic) bond motifs is 1. The molecule has 3 rings (SSSR count). The molecule has 90 valence electrons. The summed E-state index contributed by atoms with van der Waals surface area (Å²) in [5.74, 6) is 0.363. The molecule has 1 unspecified atom stereocenters. The summed E-state index contributed by atoms with van der Waals surface area (Å²) < 4.78 is 1.26. The predicted octanol–water partition coefficient (Wildman–Crippen LogP) is 5.18. The van der Waals surface area contributed by atoms with Crippen LogP contribution in [0.3, 0.4) is 0 Å². The largest absolute Gasteiger partial charge is 0.0622 e. The highest BCUT2D eigenvalue weighted by molar-refractivity contribution is 9.11. The number of aryl methyl sites for hydroxylation is 2. The van der Waals surface area contributed by atoms with Gasteiger partial charge in [-0.2, -0.15) is 0 Å². The van der Waals surface area contributed by atoms with Crippen LogP contribution in [0.2, 0.25) is 0 Å². The first-order valence-electron chi connectivity index (χ1n) is 6.20. The number of hydrogen-bond donors (Lipinski definition) is 0. The van der Waals surface area contributed by atoms with E-state index in [1.165, 1.54) is 32.3 Å². The van der Waals surface area contributed by atoms with E-state index in [9.17, 15) is 0 Å². The van der Waals surface area contributed by atoms with Gasteiger partial charge in [-0.15, -0.1) is 0 Å². The smallest absolute Gasteiger partial charge is 0.0414 e. The molecule has 1 heteroatoms. The third-order valence-corrected chi connectivity index (χ3v) is 4.24. The first-order chi connectivity index (χ1) is 8.66. The summed E-state index contributed by atoms with van der Waals surface area (Å²) in [4.78, 5) is 0. The molecule has 2 aromatic rings. The Bertz CT molecular complexity index is 624. The number of halogens is 1. The Morgan fingerprint density at radius 1 is 1.00 bits per heavy atom. The molecule has 1 aliphatic rings. The van der Waals surface area contributed by atoms with Crippen molar-refractivity contribution in [3.63, 3.8) is 0 Å². The van der Waals surface area contributed by atoms with Crippen LogP contribution < -0.4 is 0 Å². The third-order valence-electron chi connectivity index (χ3n) is 3.55. The van der Waals surface area contributed by atoms with Gasteiger partial charge in [-0.1, -0.05) is 64.0 Å². The van der Waals surface area contributed by atoms with Crippen LogP contribution in [0.4, 0.5) is 0 Å². The first kappa shape index (κ1) is 11.7. The Kier molecular flexibility index (Phi) is 2.87. The van der Waals surface area contributed by atoms with Gasteiger partial charge >= 0.3 is 0 Å². The molecular weight excluding hydrogens is 284 g/mol. The summed E-state index contributed by atoms with van der Waals surface area (Å²) >= 11 is 3.74. The lowest BCUT2D eigenvalue weighted by molar-refractivity contribution is 1.02. The van der Waals surface area contributed by atoms with Crippen molar-refractivity contribution >= 4 is 22.0 Å². The van der Waals surface area contributed by atoms with Crippen molar-refractivity contribution in [1.82, 2.24) is 0 Å². The highest BCUT2D eigenvalue weighted by Gasteiger charge is 2.26. The lowest BCUT2D eigenvalue weighted by Crippen LogP contribution is -2.01. The summed E-state index contributed by atoms with van der Waals surface area (Å²) in [5, 5.41) is 0. The van der Waals surface area contributed by atoms with E-state index >= 15 is 0 Å². The van der Waals surface area contributed by atoms with E-state index < -0.39 is 0 Å². The average Bonchev–Trinajstić information content (AvgIpc) is 2.66. The van der Waals surface area contributed by atoms with Crippen LogP contribution in [-0.4, -0.2) is 0 Å². The molecule has 1 atom stereocenters. The van der Waals surface area contributed by atoms with Crippen LogP contribution in [-0.2, 0) is 0 Å². The average molecular weight is 299 g/mol. The normalized spacial score (nSPS) is 17.5. The minimum absolute atomic E-state index is 0.363. The molecule has 0 aromatic heterocycles. The first-order valence-corrected chi connectivity index (χ1v) is 6.99. The lowest BCUT2D eigenvalue weighted by Gasteiger charge is -2.17.